The third-order valence-electron chi connectivity index (χ3n) is 4.23. The Morgan fingerprint density at radius 3 is 2.75 bits per heavy atom. The molecule has 0 spiro atoms. The summed E-state index contributed by atoms with van der Waals surface area (Å²) in [5.41, 5.74) is 1.48. The molecule has 2 aromatic heterocycles. The normalized spacial score (nSPS) is 10.8. The van der Waals surface area contributed by atoms with Gasteiger partial charge in [0.1, 0.15) is 17.1 Å². The lowest BCUT2D eigenvalue weighted by Gasteiger charge is -2.20. The molecule has 7 heteroatoms. The Hall–Kier alpha value is -3.32. The Labute approximate surface area is 165 Å². The van der Waals surface area contributed by atoms with E-state index in [4.69, 9.17) is 4.74 Å². The molecule has 2 aromatic carbocycles. The highest BCUT2D eigenvalue weighted by molar-refractivity contribution is 7.22. The molecule has 0 unspecified atom stereocenters. The molecule has 5 nitrogen and oxygen atoms in total. The predicted molar refractivity (Wildman–Crippen MR) is 107 cm³/mol. The number of amides is 1. The van der Waals surface area contributed by atoms with E-state index in [1.807, 2.05) is 24.3 Å². The van der Waals surface area contributed by atoms with Crippen molar-refractivity contribution in [2.75, 3.05) is 12.0 Å². The van der Waals surface area contributed by atoms with Crippen molar-refractivity contribution in [3.63, 3.8) is 0 Å². The number of fused-ring (bicyclic) bond motifs is 1. The molecule has 0 N–H and O–H groups in total. The van der Waals surface area contributed by atoms with E-state index < -0.39 is 11.7 Å². The zero-order valence-corrected chi connectivity index (χ0v) is 15.8. The standard InChI is InChI=1S/C21H16FN3O2S/c1-27-17-9-4-10-18-19(17)24-21(28-18)25(13-14-6-5-11-23-12-14)20(26)15-7-2-3-8-16(15)22/h2-12H,13H2,1H3. The van der Waals surface area contributed by atoms with E-state index in [1.54, 1.807) is 37.7 Å². The fourth-order valence-electron chi connectivity index (χ4n) is 2.87. The summed E-state index contributed by atoms with van der Waals surface area (Å²) in [5.74, 6) is -0.401. The van der Waals surface area contributed by atoms with Gasteiger partial charge in [-0.3, -0.25) is 14.7 Å². The van der Waals surface area contributed by atoms with Crippen LogP contribution in [-0.4, -0.2) is 23.0 Å². The fourth-order valence-corrected chi connectivity index (χ4v) is 3.85. The fraction of sp³-hybridized carbons (Fsp3) is 0.0952. The summed E-state index contributed by atoms with van der Waals surface area (Å²) >= 11 is 1.35. The molecule has 0 saturated carbocycles. The number of para-hydroxylation sites is 1. The zero-order chi connectivity index (χ0) is 19.5. The van der Waals surface area contributed by atoms with Crippen LogP contribution in [0.2, 0.25) is 0 Å². The van der Waals surface area contributed by atoms with Gasteiger partial charge in [0.2, 0.25) is 0 Å². The third-order valence-corrected chi connectivity index (χ3v) is 5.28. The van der Waals surface area contributed by atoms with E-state index >= 15 is 0 Å². The molecule has 0 atom stereocenters. The van der Waals surface area contributed by atoms with Crippen molar-refractivity contribution in [3.8, 4) is 5.75 Å². The van der Waals surface area contributed by atoms with Gasteiger partial charge in [0.05, 0.1) is 23.9 Å². The Balaban J connectivity index is 1.81. The van der Waals surface area contributed by atoms with Crippen molar-refractivity contribution in [1.29, 1.82) is 0 Å². The van der Waals surface area contributed by atoms with Crippen molar-refractivity contribution < 1.29 is 13.9 Å². The van der Waals surface area contributed by atoms with Crippen molar-refractivity contribution in [3.05, 3.63) is 83.9 Å². The summed E-state index contributed by atoms with van der Waals surface area (Å²) in [5, 5.41) is 0.469. The molecule has 0 saturated heterocycles. The van der Waals surface area contributed by atoms with Crippen LogP contribution in [-0.2, 0) is 6.54 Å². The van der Waals surface area contributed by atoms with Crippen molar-refractivity contribution >= 4 is 32.6 Å². The molecule has 140 valence electrons. The predicted octanol–water partition coefficient (Wildman–Crippen LogP) is 4.69. The summed E-state index contributed by atoms with van der Waals surface area (Å²) in [6, 6.07) is 15.2. The first-order chi connectivity index (χ1) is 13.7. The van der Waals surface area contributed by atoms with Gasteiger partial charge < -0.3 is 4.74 Å². The van der Waals surface area contributed by atoms with Gasteiger partial charge in [0.25, 0.3) is 5.91 Å². The maximum atomic E-state index is 14.3. The Bertz CT molecular complexity index is 1130. The van der Waals surface area contributed by atoms with Gasteiger partial charge in [-0.05, 0) is 35.9 Å². The van der Waals surface area contributed by atoms with Gasteiger partial charge in [0.15, 0.2) is 5.13 Å². The number of halogens is 1. The van der Waals surface area contributed by atoms with Gasteiger partial charge in [-0.1, -0.05) is 35.6 Å². The van der Waals surface area contributed by atoms with Crippen LogP contribution in [0.25, 0.3) is 10.2 Å². The number of hydrogen-bond acceptors (Lipinski definition) is 5. The number of thiazole rings is 1. The topological polar surface area (TPSA) is 55.3 Å². The number of carbonyl (C=O) groups excluding carboxylic acids is 1. The van der Waals surface area contributed by atoms with E-state index in [2.05, 4.69) is 9.97 Å². The molecule has 0 aliphatic heterocycles. The first-order valence-corrected chi connectivity index (χ1v) is 9.38. The first-order valence-electron chi connectivity index (χ1n) is 8.56. The number of methoxy groups -OCH3 is 1. The minimum Gasteiger partial charge on any atom is -0.494 e. The quantitative estimate of drug-likeness (QED) is 0.494. The molecule has 4 rings (SSSR count). The van der Waals surface area contributed by atoms with E-state index in [-0.39, 0.29) is 12.1 Å². The second-order valence-corrected chi connectivity index (χ2v) is 7.04. The number of pyridine rings is 1. The minimum atomic E-state index is -0.567. The summed E-state index contributed by atoms with van der Waals surface area (Å²) in [6.45, 7) is 0.225. The highest BCUT2D eigenvalue weighted by atomic mass is 32.1. The van der Waals surface area contributed by atoms with Gasteiger partial charge in [0, 0.05) is 12.4 Å². The second kappa shape index (κ2) is 7.74. The lowest BCUT2D eigenvalue weighted by Crippen LogP contribution is -2.31. The molecule has 0 aliphatic carbocycles. The number of ether oxygens (including phenoxy) is 1. The number of nitrogens with zero attached hydrogens (tertiary/aromatic N) is 3. The van der Waals surface area contributed by atoms with Gasteiger partial charge in [-0.15, -0.1) is 0 Å². The van der Waals surface area contributed by atoms with Crippen molar-refractivity contribution in [1.82, 2.24) is 9.97 Å². The molecule has 0 aliphatic rings. The molecular weight excluding hydrogens is 377 g/mol. The number of hydrogen-bond donors (Lipinski definition) is 0. The Morgan fingerprint density at radius 2 is 2.00 bits per heavy atom. The summed E-state index contributed by atoms with van der Waals surface area (Å²) in [4.78, 5) is 23.4. The van der Waals surface area contributed by atoms with Crippen LogP contribution in [0.15, 0.2) is 67.0 Å². The van der Waals surface area contributed by atoms with E-state index in [9.17, 15) is 9.18 Å². The first kappa shape index (κ1) is 18.1. The van der Waals surface area contributed by atoms with Crippen LogP contribution in [0.4, 0.5) is 9.52 Å². The van der Waals surface area contributed by atoms with Gasteiger partial charge >= 0.3 is 0 Å². The van der Waals surface area contributed by atoms with E-state index in [0.717, 1.165) is 10.3 Å². The second-order valence-electron chi connectivity index (χ2n) is 6.04. The maximum absolute atomic E-state index is 14.3. The SMILES string of the molecule is COc1cccc2sc(N(Cc3cccnc3)C(=O)c3ccccc3F)nc12. The van der Waals surface area contributed by atoms with E-state index in [1.165, 1.54) is 28.4 Å². The number of benzene rings is 2. The minimum absolute atomic E-state index is 0.00221. The molecule has 4 aromatic rings. The Morgan fingerprint density at radius 1 is 1.14 bits per heavy atom. The number of rotatable bonds is 5. The molecule has 0 radical (unpaired) electrons. The molecule has 2 heterocycles. The molecular formula is C21H16FN3O2S. The lowest BCUT2D eigenvalue weighted by atomic mass is 10.1. The highest BCUT2D eigenvalue weighted by Gasteiger charge is 2.24. The van der Waals surface area contributed by atoms with Crippen LogP contribution < -0.4 is 9.64 Å². The molecule has 0 fully saturated rings. The van der Waals surface area contributed by atoms with Crippen molar-refractivity contribution in [2.24, 2.45) is 0 Å². The average molecular weight is 393 g/mol. The third kappa shape index (κ3) is 3.44. The summed E-state index contributed by atoms with van der Waals surface area (Å²) in [6.07, 6.45) is 3.34. The van der Waals surface area contributed by atoms with Crippen molar-refractivity contribution in [2.45, 2.75) is 6.54 Å². The summed E-state index contributed by atoms with van der Waals surface area (Å²) in [7, 11) is 1.58. The van der Waals surface area contributed by atoms with E-state index in [0.29, 0.717) is 16.4 Å². The monoisotopic (exact) mass is 393 g/mol. The lowest BCUT2D eigenvalue weighted by molar-refractivity contribution is 0.0981. The van der Waals surface area contributed by atoms with Crippen LogP contribution in [0, 0.1) is 5.82 Å². The molecule has 1 amide bonds. The summed E-state index contributed by atoms with van der Waals surface area (Å²) < 4.78 is 20.5. The smallest absolute Gasteiger partial charge is 0.263 e. The molecule has 0 bridgehead atoms. The molecule has 28 heavy (non-hydrogen) atoms. The highest BCUT2D eigenvalue weighted by Crippen LogP contribution is 2.35. The van der Waals surface area contributed by atoms with Crippen LogP contribution in [0.5, 0.6) is 5.75 Å². The number of aromatic nitrogens is 2. The number of anilines is 1. The Kier molecular flexibility index (Phi) is 4.99. The van der Waals surface area contributed by atoms with Crippen LogP contribution in [0.1, 0.15) is 15.9 Å². The zero-order valence-electron chi connectivity index (χ0n) is 15.0. The largest absolute Gasteiger partial charge is 0.494 e. The van der Waals surface area contributed by atoms with Gasteiger partial charge in [-0.2, -0.15) is 0 Å². The van der Waals surface area contributed by atoms with Crippen LogP contribution >= 0.6 is 11.3 Å². The number of carbonyl (C=O) groups is 1. The maximum Gasteiger partial charge on any atom is 0.263 e. The average Bonchev–Trinajstić information content (AvgIpc) is 3.16. The van der Waals surface area contributed by atoms with Crippen LogP contribution in [0.3, 0.4) is 0 Å². The van der Waals surface area contributed by atoms with Gasteiger partial charge in [-0.25, -0.2) is 9.37 Å².